The summed E-state index contributed by atoms with van der Waals surface area (Å²) in [7, 11) is 0. The van der Waals surface area contributed by atoms with Gasteiger partial charge < -0.3 is 10.3 Å². The molecule has 0 spiro atoms. The highest BCUT2D eigenvalue weighted by molar-refractivity contribution is 8.00. The van der Waals surface area contributed by atoms with Crippen LogP contribution in [0.4, 0.5) is 5.69 Å². The highest BCUT2D eigenvalue weighted by atomic mass is 32.2. The maximum atomic E-state index is 12.8. The van der Waals surface area contributed by atoms with E-state index in [1.54, 1.807) is 48.5 Å². The van der Waals surface area contributed by atoms with Crippen molar-refractivity contribution in [3.05, 3.63) is 76.1 Å². The molecular formula is C22H17N5O2S. The van der Waals surface area contributed by atoms with E-state index in [2.05, 4.69) is 15.3 Å². The lowest BCUT2D eigenvalue weighted by Crippen LogP contribution is -2.26. The van der Waals surface area contributed by atoms with Crippen LogP contribution in [0.1, 0.15) is 24.5 Å². The highest BCUT2D eigenvalue weighted by Gasteiger charge is 2.22. The molecule has 2 aromatic carbocycles. The largest absolute Gasteiger partial charge is 0.324 e. The van der Waals surface area contributed by atoms with Gasteiger partial charge in [0, 0.05) is 5.56 Å². The summed E-state index contributed by atoms with van der Waals surface area (Å²) in [6.45, 7) is 1.84. The Morgan fingerprint density at radius 3 is 2.50 bits per heavy atom. The molecule has 7 nitrogen and oxygen atoms in total. The average molecular weight is 415 g/mol. The summed E-state index contributed by atoms with van der Waals surface area (Å²) in [6.07, 6.45) is 0.468. The number of aromatic nitrogens is 2. The second kappa shape index (κ2) is 9.55. The first-order chi connectivity index (χ1) is 14.6. The van der Waals surface area contributed by atoms with Gasteiger partial charge in [-0.2, -0.15) is 10.5 Å². The molecular weight excluding hydrogens is 398 g/mol. The Bertz CT molecular complexity index is 1210. The normalized spacial score (nSPS) is 11.2. The standard InChI is InChI=1S/C22H17N5O2S/c1-2-18(21(29)25-17-11-7-6-10-15(17)12-23)30-22-26-19(14-8-4-3-5-9-14)16(13-24)20(28)27-22/h3-11,18H,2H2,1H3,(H,25,29)(H,26,27,28)/t18-/m0/s1. The second-order valence-corrected chi connectivity index (χ2v) is 7.43. The van der Waals surface area contributed by atoms with Gasteiger partial charge in [-0.25, -0.2) is 4.98 Å². The third kappa shape index (κ3) is 4.57. The molecule has 1 amide bonds. The summed E-state index contributed by atoms with van der Waals surface area (Å²) in [4.78, 5) is 32.2. The van der Waals surface area contributed by atoms with Crippen molar-refractivity contribution < 1.29 is 4.79 Å². The van der Waals surface area contributed by atoms with E-state index in [0.29, 0.717) is 23.2 Å². The van der Waals surface area contributed by atoms with E-state index >= 15 is 0 Å². The number of amides is 1. The maximum absolute atomic E-state index is 12.8. The van der Waals surface area contributed by atoms with Gasteiger partial charge in [0.25, 0.3) is 5.56 Å². The van der Waals surface area contributed by atoms with Gasteiger partial charge in [-0.15, -0.1) is 0 Å². The molecule has 0 aliphatic heterocycles. The van der Waals surface area contributed by atoms with Crippen LogP contribution in [0.25, 0.3) is 11.3 Å². The van der Waals surface area contributed by atoms with Gasteiger partial charge in [0.15, 0.2) is 5.16 Å². The van der Waals surface area contributed by atoms with Crippen molar-refractivity contribution in [3.8, 4) is 23.4 Å². The Labute approximate surface area is 177 Å². The zero-order valence-electron chi connectivity index (χ0n) is 16.0. The lowest BCUT2D eigenvalue weighted by Gasteiger charge is -2.15. The van der Waals surface area contributed by atoms with E-state index in [9.17, 15) is 20.1 Å². The van der Waals surface area contributed by atoms with Gasteiger partial charge in [-0.1, -0.05) is 61.2 Å². The zero-order valence-corrected chi connectivity index (χ0v) is 16.9. The van der Waals surface area contributed by atoms with Crippen molar-refractivity contribution in [2.24, 2.45) is 0 Å². The fourth-order valence-corrected chi connectivity index (χ4v) is 3.67. The zero-order chi connectivity index (χ0) is 21.5. The van der Waals surface area contributed by atoms with E-state index in [0.717, 1.165) is 11.8 Å². The number of carbonyl (C=O) groups is 1. The van der Waals surface area contributed by atoms with Gasteiger partial charge in [0.2, 0.25) is 5.91 Å². The Morgan fingerprint density at radius 1 is 1.13 bits per heavy atom. The number of anilines is 1. The highest BCUT2D eigenvalue weighted by Crippen LogP contribution is 2.27. The SMILES string of the molecule is CC[C@H](Sc1nc(-c2ccccc2)c(C#N)c(=O)[nH]1)C(=O)Nc1ccccc1C#N. The number of aromatic amines is 1. The average Bonchev–Trinajstić information content (AvgIpc) is 2.78. The number of benzene rings is 2. The smallest absolute Gasteiger partial charge is 0.270 e. The van der Waals surface area contributed by atoms with Crippen molar-refractivity contribution in [1.82, 2.24) is 9.97 Å². The first kappa shape index (κ1) is 20.8. The first-order valence-electron chi connectivity index (χ1n) is 9.13. The molecule has 3 rings (SSSR count). The van der Waals surface area contributed by atoms with Crippen LogP contribution in [0.5, 0.6) is 0 Å². The molecule has 30 heavy (non-hydrogen) atoms. The quantitative estimate of drug-likeness (QED) is 0.468. The fourth-order valence-electron chi connectivity index (χ4n) is 2.78. The van der Waals surface area contributed by atoms with E-state index in [1.165, 1.54) is 0 Å². The van der Waals surface area contributed by atoms with Crippen LogP contribution < -0.4 is 10.9 Å². The Hall–Kier alpha value is -3.88. The van der Waals surface area contributed by atoms with Gasteiger partial charge in [-0.05, 0) is 18.6 Å². The molecule has 0 aliphatic carbocycles. The first-order valence-corrected chi connectivity index (χ1v) is 10.0. The molecule has 0 saturated heterocycles. The minimum atomic E-state index is -0.559. The summed E-state index contributed by atoms with van der Waals surface area (Å²) < 4.78 is 0. The number of para-hydroxylation sites is 1. The summed E-state index contributed by atoms with van der Waals surface area (Å²) in [5, 5.41) is 21.0. The molecule has 3 aromatic rings. The number of nitriles is 2. The third-order valence-electron chi connectivity index (χ3n) is 4.28. The predicted octanol–water partition coefficient (Wildman–Crippen LogP) is 3.69. The van der Waals surface area contributed by atoms with E-state index in [1.807, 2.05) is 25.1 Å². The molecule has 2 N–H and O–H groups in total. The summed E-state index contributed by atoms with van der Waals surface area (Å²) in [5.74, 6) is -0.307. The summed E-state index contributed by atoms with van der Waals surface area (Å²) >= 11 is 1.10. The van der Waals surface area contributed by atoms with Crippen LogP contribution in [0.3, 0.4) is 0 Å². The monoisotopic (exact) mass is 415 g/mol. The van der Waals surface area contributed by atoms with Crippen LogP contribution >= 0.6 is 11.8 Å². The number of nitrogens with zero attached hydrogens (tertiary/aromatic N) is 3. The number of carbonyl (C=O) groups excluding carboxylic acids is 1. The van der Waals surface area contributed by atoms with E-state index < -0.39 is 10.8 Å². The molecule has 0 aliphatic rings. The molecule has 148 valence electrons. The number of thioether (sulfide) groups is 1. The van der Waals surface area contributed by atoms with Crippen LogP contribution in [-0.4, -0.2) is 21.1 Å². The van der Waals surface area contributed by atoms with E-state index in [4.69, 9.17) is 0 Å². The minimum Gasteiger partial charge on any atom is -0.324 e. The molecule has 0 unspecified atom stereocenters. The Morgan fingerprint density at radius 2 is 1.83 bits per heavy atom. The van der Waals surface area contributed by atoms with Gasteiger partial charge in [0.1, 0.15) is 17.7 Å². The van der Waals surface area contributed by atoms with Gasteiger partial charge >= 0.3 is 0 Å². The van der Waals surface area contributed by atoms with Crippen LogP contribution in [-0.2, 0) is 4.79 Å². The van der Waals surface area contributed by atoms with Crippen LogP contribution in [0.2, 0.25) is 0 Å². The third-order valence-corrected chi connectivity index (χ3v) is 5.53. The molecule has 0 radical (unpaired) electrons. The number of hydrogen-bond acceptors (Lipinski definition) is 6. The van der Waals surface area contributed by atoms with Crippen LogP contribution in [0, 0.1) is 22.7 Å². The van der Waals surface area contributed by atoms with E-state index in [-0.39, 0.29) is 22.3 Å². The Kier molecular flexibility index (Phi) is 6.63. The van der Waals surface area contributed by atoms with Crippen molar-refractivity contribution in [2.75, 3.05) is 5.32 Å². The molecule has 0 fully saturated rings. The number of hydrogen-bond donors (Lipinski definition) is 2. The molecule has 0 bridgehead atoms. The second-order valence-electron chi connectivity index (χ2n) is 6.23. The topological polar surface area (TPSA) is 122 Å². The molecule has 8 heteroatoms. The molecule has 0 saturated carbocycles. The van der Waals surface area contributed by atoms with Gasteiger partial charge in [-0.3, -0.25) is 9.59 Å². The number of H-pyrrole nitrogens is 1. The summed E-state index contributed by atoms with van der Waals surface area (Å²) in [6, 6.07) is 19.6. The van der Waals surface area contributed by atoms with Gasteiger partial charge in [0.05, 0.1) is 22.2 Å². The molecule has 1 heterocycles. The summed E-state index contributed by atoms with van der Waals surface area (Å²) in [5.41, 5.74) is 1.07. The van der Waals surface area contributed by atoms with Crippen molar-refractivity contribution in [3.63, 3.8) is 0 Å². The van der Waals surface area contributed by atoms with Crippen molar-refractivity contribution >= 4 is 23.4 Å². The maximum Gasteiger partial charge on any atom is 0.270 e. The van der Waals surface area contributed by atoms with Crippen molar-refractivity contribution in [1.29, 1.82) is 10.5 Å². The fraction of sp³-hybridized carbons (Fsp3) is 0.136. The van der Waals surface area contributed by atoms with Crippen LogP contribution in [0.15, 0.2) is 64.5 Å². The number of nitrogens with one attached hydrogen (secondary N) is 2. The van der Waals surface area contributed by atoms with Crippen molar-refractivity contribution in [2.45, 2.75) is 23.8 Å². The molecule has 1 atom stereocenters. The lowest BCUT2D eigenvalue weighted by molar-refractivity contribution is -0.115. The Balaban J connectivity index is 1.90. The lowest BCUT2D eigenvalue weighted by atomic mass is 10.1. The molecule has 1 aromatic heterocycles. The number of rotatable bonds is 6. The predicted molar refractivity (Wildman–Crippen MR) is 115 cm³/mol. The minimum absolute atomic E-state index is 0.0778.